The molecule has 1 heterocycles. The Morgan fingerprint density at radius 3 is 2.65 bits per heavy atom. The molecule has 0 saturated carbocycles. The third-order valence-electron chi connectivity index (χ3n) is 3.37. The van der Waals surface area contributed by atoms with Gasteiger partial charge in [-0.1, -0.05) is 6.07 Å². The van der Waals surface area contributed by atoms with Crippen molar-refractivity contribution in [3.05, 3.63) is 47.9 Å². The van der Waals surface area contributed by atoms with E-state index in [1.807, 2.05) is 31.2 Å². The molecular weight excluding hydrogens is 252 g/mol. The highest BCUT2D eigenvalue weighted by molar-refractivity contribution is 5.60. The molecule has 0 bridgehead atoms. The topological polar surface area (TPSA) is 51.6 Å². The average Bonchev–Trinajstić information content (AvgIpc) is 2.96. The van der Waals surface area contributed by atoms with Gasteiger partial charge >= 0.3 is 0 Å². The van der Waals surface area contributed by atoms with Gasteiger partial charge in [0.15, 0.2) is 0 Å². The zero-order valence-electron chi connectivity index (χ0n) is 12.3. The van der Waals surface area contributed by atoms with Gasteiger partial charge in [0, 0.05) is 23.8 Å². The monoisotopic (exact) mass is 274 g/mol. The number of furan rings is 1. The van der Waals surface area contributed by atoms with Crippen LogP contribution in [0, 0.1) is 0 Å². The molecule has 0 aliphatic carbocycles. The van der Waals surface area contributed by atoms with Crippen LogP contribution in [0.15, 0.2) is 41.0 Å². The highest BCUT2D eigenvalue weighted by Gasteiger charge is 2.18. The van der Waals surface area contributed by atoms with Crippen molar-refractivity contribution in [2.75, 3.05) is 18.6 Å². The molecule has 0 spiro atoms. The molecule has 4 nitrogen and oxygen atoms in total. The second-order valence-electron chi connectivity index (χ2n) is 4.78. The van der Waals surface area contributed by atoms with Gasteiger partial charge in [0.2, 0.25) is 0 Å². The van der Waals surface area contributed by atoms with E-state index in [9.17, 15) is 0 Å². The van der Waals surface area contributed by atoms with E-state index >= 15 is 0 Å². The number of rotatable bonds is 6. The van der Waals surface area contributed by atoms with Gasteiger partial charge in [-0.2, -0.15) is 0 Å². The summed E-state index contributed by atoms with van der Waals surface area (Å²) in [4.78, 5) is 2.24. The van der Waals surface area contributed by atoms with Gasteiger partial charge in [0.1, 0.15) is 11.5 Å². The standard InChI is InChI=1S/C16H22N2O2/c1-4-18(11-13-7-6-10-20-13)14-8-5-9-15(19-3)16(14)12(2)17/h5-10,12H,4,11,17H2,1-3H3/t12-/m0/s1. The minimum Gasteiger partial charge on any atom is -0.496 e. The maximum absolute atomic E-state index is 6.13. The normalized spacial score (nSPS) is 12.2. The zero-order chi connectivity index (χ0) is 14.5. The summed E-state index contributed by atoms with van der Waals surface area (Å²) in [7, 11) is 1.67. The molecule has 2 aromatic rings. The molecule has 0 saturated heterocycles. The van der Waals surface area contributed by atoms with Gasteiger partial charge in [-0.05, 0) is 38.1 Å². The quantitative estimate of drug-likeness (QED) is 0.877. The smallest absolute Gasteiger partial charge is 0.125 e. The lowest BCUT2D eigenvalue weighted by Crippen LogP contribution is -2.24. The van der Waals surface area contributed by atoms with E-state index in [1.54, 1.807) is 13.4 Å². The van der Waals surface area contributed by atoms with Crippen LogP contribution in [0.25, 0.3) is 0 Å². The molecule has 0 radical (unpaired) electrons. The first-order valence-corrected chi connectivity index (χ1v) is 6.87. The van der Waals surface area contributed by atoms with E-state index in [0.717, 1.165) is 35.9 Å². The van der Waals surface area contributed by atoms with Crippen LogP contribution >= 0.6 is 0 Å². The molecule has 2 rings (SSSR count). The van der Waals surface area contributed by atoms with Crippen LogP contribution in [0.1, 0.15) is 31.2 Å². The van der Waals surface area contributed by atoms with E-state index in [2.05, 4.69) is 17.9 Å². The Bertz CT molecular complexity index is 535. The number of methoxy groups -OCH3 is 1. The number of hydrogen-bond donors (Lipinski definition) is 1. The predicted molar refractivity (Wildman–Crippen MR) is 81.0 cm³/mol. The first kappa shape index (κ1) is 14.5. The molecule has 4 heteroatoms. The largest absolute Gasteiger partial charge is 0.496 e. The van der Waals surface area contributed by atoms with Crippen molar-refractivity contribution in [3.8, 4) is 5.75 Å². The molecule has 0 aliphatic rings. The van der Waals surface area contributed by atoms with Crippen LogP contribution in [0.2, 0.25) is 0 Å². The number of hydrogen-bond acceptors (Lipinski definition) is 4. The Kier molecular flexibility index (Phi) is 4.69. The van der Waals surface area contributed by atoms with E-state index in [-0.39, 0.29) is 6.04 Å². The van der Waals surface area contributed by atoms with Crippen LogP contribution in [0.3, 0.4) is 0 Å². The van der Waals surface area contributed by atoms with E-state index in [1.165, 1.54) is 0 Å². The zero-order valence-corrected chi connectivity index (χ0v) is 12.3. The summed E-state index contributed by atoms with van der Waals surface area (Å²) in [5, 5.41) is 0. The van der Waals surface area contributed by atoms with Gasteiger partial charge in [-0.3, -0.25) is 0 Å². The summed E-state index contributed by atoms with van der Waals surface area (Å²) in [5.74, 6) is 1.76. The number of ether oxygens (including phenoxy) is 1. The Balaban J connectivity index is 2.38. The summed E-state index contributed by atoms with van der Waals surface area (Å²) in [6, 6.07) is 9.81. The van der Waals surface area contributed by atoms with Gasteiger partial charge in [-0.15, -0.1) is 0 Å². The molecule has 1 aromatic carbocycles. The summed E-state index contributed by atoms with van der Waals surface area (Å²) >= 11 is 0. The fourth-order valence-corrected chi connectivity index (χ4v) is 2.40. The molecule has 0 unspecified atom stereocenters. The molecule has 1 aromatic heterocycles. The maximum atomic E-state index is 6.13. The molecular formula is C16H22N2O2. The molecule has 0 aliphatic heterocycles. The fourth-order valence-electron chi connectivity index (χ4n) is 2.40. The van der Waals surface area contributed by atoms with Crippen LogP contribution < -0.4 is 15.4 Å². The Morgan fingerprint density at radius 1 is 1.30 bits per heavy atom. The third-order valence-corrected chi connectivity index (χ3v) is 3.37. The van der Waals surface area contributed by atoms with Crippen molar-refractivity contribution in [1.29, 1.82) is 0 Å². The number of nitrogens with zero attached hydrogens (tertiary/aromatic N) is 1. The van der Waals surface area contributed by atoms with Crippen molar-refractivity contribution in [1.82, 2.24) is 0 Å². The number of anilines is 1. The molecule has 108 valence electrons. The van der Waals surface area contributed by atoms with Crippen molar-refractivity contribution < 1.29 is 9.15 Å². The Labute approximate surface area is 120 Å². The molecule has 0 amide bonds. The first-order valence-electron chi connectivity index (χ1n) is 6.87. The minimum atomic E-state index is -0.0909. The summed E-state index contributed by atoms with van der Waals surface area (Å²) in [6.07, 6.45) is 1.70. The predicted octanol–water partition coefficient (Wildman–Crippen LogP) is 3.33. The minimum absolute atomic E-state index is 0.0909. The van der Waals surface area contributed by atoms with Crippen LogP contribution in [-0.4, -0.2) is 13.7 Å². The fraction of sp³-hybridized carbons (Fsp3) is 0.375. The SMILES string of the molecule is CCN(Cc1ccco1)c1cccc(OC)c1[C@H](C)N. The van der Waals surface area contributed by atoms with Gasteiger partial charge in [-0.25, -0.2) is 0 Å². The lowest BCUT2D eigenvalue weighted by Gasteiger charge is -2.27. The van der Waals surface area contributed by atoms with Gasteiger partial charge < -0.3 is 19.8 Å². The van der Waals surface area contributed by atoms with Crippen molar-refractivity contribution in [3.63, 3.8) is 0 Å². The Morgan fingerprint density at radius 2 is 2.10 bits per heavy atom. The van der Waals surface area contributed by atoms with E-state index < -0.39 is 0 Å². The van der Waals surface area contributed by atoms with Gasteiger partial charge in [0.05, 0.1) is 19.9 Å². The van der Waals surface area contributed by atoms with Crippen LogP contribution in [0.4, 0.5) is 5.69 Å². The number of benzene rings is 1. The van der Waals surface area contributed by atoms with Crippen molar-refractivity contribution in [2.24, 2.45) is 5.73 Å². The second kappa shape index (κ2) is 6.48. The van der Waals surface area contributed by atoms with Crippen LogP contribution in [-0.2, 0) is 6.54 Å². The average molecular weight is 274 g/mol. The van der Waals surface area contributed by atoms with E-state index in [0.29, 0.717) is 0 Å². The molecule has 20 heavy (non-hydrogen) atoms. The second-order valence-corrected chi connectivity index (χ2v) is 4.78. The first-order chi connectivity index (χ1) is 9.67. The highest BCUT2D eigenvalue weighted by atomic mass is 16.5. The molecule has 2 N–H and O–H groups in total. The highest BCUT2D eigenvalue weighted by Crippen LogP contribution is 2.34. The maximum Gasteiger partial charge on any atom is 0.125 e. The number of nitrogens with two attached hydrogens (primary N) is 1. The molecule has 0 fully saturated rings. The van der Waals surface area contributed by atoms with Gasteiger partial charge in [0.25, 0.3) is 0 Å². The van der Waals surface area contributed by atoms with Crippen LogP contribution in [0.5, 0.6) is 5.75 Å². The lowest BCUT2D eigenvalue weighted by molar-refractivity contribution is 0.406. The van der Waals surface area contributed by atoms with Crippen molar-refractivity contribution in [2.45, 2.75) is 26.4 Å². The third kappa shape index (κ3) is 2.96. The molecule has 1 atom stereocenters. The summed E-state index contributed by atoms with van der Waals surface area (Å²) in [5.41, 5.74) is 8.25. The Hall–Kier alpha value is -1.94. The van der Waals surface area contributed by atoms with E-state index in [4.69, 9.17) is 14.9 Å². The lowest BCUT2D eigenvalue weighted by atomic mass is 10.0. The van der Waals surface area contributed by atoms with Crippen molar-refractivity contribution >= 4 is 5.69 Å². The summed E-state index contributed by atoms with van der Waals surface area (Å²) in [6.45, 7) is 5.68. The summed E-state index contributed by atoms with van der Waals surface area (Å²) < 4.78 is 10.9.